The maximum Gasteiger partial charge on any atom is 0.305 e. The fraction of sp³-hybridized carbons (Fsp3) is 0.429. The summed E-state index contributed by atoms with van der Waals surface area (Å²) >= 11 is 0. The highest BCUT2D eigenvalue weighted by atomic mass is 19.1. The molecule has 2 unspecified atom stereocenters. The Hall–Kier alpha value is -3.83. The van der Waals surface area contributed by atoms with Crippen LogP contribution in [0.3, 0.4) is 0 Å². The first-order valence-corrected chi connectivity index (χ1v) is 10.4. The number of hydrogen-bond acceptors (Lipinski definition) is 6. The monoisotopic (exact) mass is 462 g/mol. The van der Waals surface area contributed by atoms with Crippen LogP contribution < -0.4 is 10.6 Å². The van der Waals surface area contributed by atoms with Gasteiger partial charge in [0.2, 0.25) is 11.8 Å². The van der Waals surface area contributed by atoms with Gasteiger partial charge >= 0.3 is 5.97 Å². The first kappa shape index (κ1) is 23.8. The molecule has 4 amide bonds. The van der Waals surface area contributed by atoms with Crippen LogP contribution in [0.5, 0.6) is 0 Å². The Morgan fingerprint density at radius 2 is 1.94 bits per heavy atom. The molecule has 2 saturated heterocycles. The van der Waals surface area contributed by atoms with Crippen LogP contribution in [-0.2, 0) is 24.0 Å². The smallest absolute Gasteiger partial charge is 0.305 e. The maximum atomic E-state index is 14.0. The van der Waals surface area contributed by atoms with Gasteiger partial charge in [-0.3, -0.25) is 29.0 Å². The Kier molecular flexibility index (Phi) is 7.36. The van der Waals surface area contributed by atoms with Crippen molar-refractivity contribution in [3.8, 4) is 0 Å². The molecule has 2 aliphatic rings. The zero-order valence-electron chi connectivity index (χ0n) is 17.5. The molecule has 12 heteroatoms. The van der Waals surface area contributed by atoms with Crippen LogP contribution in [0.15, 0.2) is 24.3 Å². The fourth-order valence-corrected chi connectivity index (χ4v) is 3.89. The molecule has 1 aromatic rings. The van der Waals surface area contributed by atoms with Crippen molar-refractivity contribution < 1.29 is 38.3 Å². The predicted molar refractivity (Wildman–Crippen MR) is 109 cm³/mol. The maximum absolute atomic E-state index is 14.0. The van der Waals surface area contributed by atoms with Crippen LogP contribution >= 0.6 is 0 Å². The van der Waals surface area contributed by atoms with Gasteiger partial charge in [0.05, 0.1) is 18.0 Å². The number of hydrogen-bond donors (Lipinski definition) is 3. The van der Waals surface area contributed by atoms with Gasteiger partial charge in [-0.1, -0.05) is 12.1 Å². The highest BCUT2D eigenvalue weighted by Crippen LogP contribution is 2.25. The minimum atomic E-state index is -1.31. The van der Waals surface area contributed by atoms with Gasteiger partial charge in [-0.15, -0.1) is 0 Å². The number of carboxylic acid groups (broad SMARTS) is 1. The van der Waals surface area contributed by atoms with Gasteiger partial charge < -0.3 is 20.5 Å². The van der Waals surface area contributed by atoms with Crippen molar-refractivity contribution in [2.24, 2.45) is 0 Å². The lowest BCUT2D eigenvalue weighted by atomic mass is 10.0. The largest absolute Gasteiger partial charge is 0.481 e. The fourth-order valence-electron chi connectivity index (χ4n) is 3.89. The van der Waals surface area contributed by atoms with Gasteiger partial charge in [-0.2, -0.15) is 0 Å². The lowest BCUT2D eigenvalue weighted by molar-refractivity contribution is -0.176. The van der Waals surface area contributed by atoms with E-state index in [-0.39, 0.29) is 37.7 Å². The van der Waals surface area contributed by atoms with Gasteiger partial charge in [0.15, 0.2) is 0 Å². The Labute approximate surface area is 187 Å². The summed E-state index contributed by atoms with van der Waals surface area (Å²) in [6.07, 6.45) is 0.0573. The number of benzene rings is 1. The second-order valence-electron chi connectivity index (χ2n) is 7.75. The molecular formula is C21H23FN4O7. The molecule has 2 fully saturated rings. The van der Waals surface area contributed by atoms with Gasteiger partial charge in [0, 0.05) is 13.0 Å². The van der Waals surface area contributed by atoms with Crippen LogP contribution in [0, 0.1) is 5.82 Å². The summed E-state index contributed by atoms with van der Waals surface area (Å²) in [5.41, 5.74) is -0.270. The number of aldehydes is 1. The number of nitrogens with one attached hydrogen (secondary N) is 2. The summed E-state index contributed by atoms with van der Waals surface area (Å²) in [6, 6.07) is 1.54. The van der Waals surface area contributed by atoms with Crippen LogP contribution in [-0.4, -0.2) is 75.7 Å². The van der Waals surface area contributed by atoms with E-state index in [1.54, 1.807) is 0 Å². The molecule has 0 aliphatic carbocycles. The molecule has 2 aliphatic heterocycles. The molecule has 1 aromatic carbocycles. The number of fused-ring (bicyclic) bond motifs is 1. The minimum Gasteiger partial charge on any atom is -0.481 e. The zero-order valence-corrected chi connectivity index (χ0v) is 17.5. The number of amides is 4. The number of hydrazine groups is 1. The van der Waals surface area contributed by atoms with E-state index in [0.717, 1.165) is 16.1 Å². The summed E-state index contributed by atoms with van der Waals surface area (Å²) in [7, 11) is 0. The number of carbonyl (C=O) groups excluding carboxylic acids is 5. The predicted octanol–water partition coefficient (Wildman–Crippen LogP) is -0.389. The van der Waals surface area contributed by atoms with Gasteiger partial charge in [-0.05, 0) is 31.4 Å². The third kappa shape index (κ3) is 5.33. The van der Waals surface area contributed by atoms with Crippen molar-refractivity contribution in [3.05, 3.63) is 35.6 Å². The zero-order chi connectivity index (χ0) is 24.1. The van der Waals surface area contributed by atoms with E-state index in [1.807, 2.05) is 0 Å². The number of carboxylic acids is 1. The molecule has 3 N–H and O–H groups in total. The number of nitrogens with zero attached hydrogens (tertiary/aromatic N) is 2. The van der Waals surface area contributed by atoms with E-state index in [0.29, 0.717) is 6.42 Å². The van der Waals surface area contributed by atoms with Crippen LogP contribution in [0.1, 0.15) is 42.5 Å². The lowest BCUT2D eigenvalue weighted by Gasteiger charge is -2.43. The molecule has 0 radical (unpaired) electrons. The molecular weight excluding hydrogens is 439 g/mol. The Bertz CT molecular complexity index is 985. The summed E-state index contributed by atoms with van der Waals surface area (Å²) in [4.78, 5) is 73.3. The van der Waals surface area contributed by atoms with E-state index in [9.17, 15) is 33.2 Å². The topological polar surface area (TPSA) is 153 Å². The second kappa shape index (κ2) is 10.2. The average Bonchev–Trinajstić information content (AvgIpc) is 2.90. The minimum absolute atomic E-state index is 0.0465. The number of halogens is 1. The standard InChI is InChI=1S/C21H23FN4O7/c22-14-5-2-1-4-13(14)19(31)24-15-7-8-17(28)25-9-3-6-16(26(25)21(15)33)20(32)23-12(11-27)10-18(29)30/h1-2,4-5,11-12,15-16H,3,6-10H2,(H,23,32)(H,24,31)(H,29,30)/t12-,15?,16?/m0/s1. The Morgan fingerprint density at radius 3 is 2.61 bits per heavy atom. The first-order chi connectivity index (χ1) is 15.7. The van der Waals surface area contributed by atoms with Crippen molar-refractivity contribution in [3.63, 3.8) is 0 Å². The van der Waals surface area contributed by atoms with E-state index in [1.165, 1.54) is 18.2 Å². The van der Waals surface area contributed by atoms with Crippen LogP contribution in [0.2, 0.25) is 0 Å². The van der Waals surface area contributed by atoms with Gasteiger partial charge in [0.1, 0.15) is 24.2 Å². The molecule has 0 spiro atoms. The molecule has 0 aromatic heterocycles. The summed E-state index contributed by atoms with van der Waals surface area (Å²) in [6.45, 7) is 0.175. The van der Waals surface area contributed by atoms with E-state index in [2.05, 4.69) is 10.6 Å². The lowest BCUT2D eigenvalue weighted by Crippen LogP contribution is -2.64. The number of carbonyl (C=O) groups is 6. The molecule has 3 rings (SSSR count). The normalized spacial score (nSPS) is 21.5. The third-order valence-corrected chi connectivity index (χ3v) is 5.47. The van der Waals surface area contributed by atoms with Crippen molar-refractivity contribution >= 4 is 35.9 Å². The quantitative estimate of drug-likeness (QED) is 0.467. The molecule has 0 saturated carbocycles. The average molecular weight is 462 g/mol. The van der Waals surface area contributed by atoms with Crippen molar-refractivity contribution in [2.45, 2.75) is 50.2 Å². The molecule has 33 heavy (non-hydrogen) atoms. The van der Waals surface area contributed by atoms with Gasteiger partial charge in [0.25, 0.3) is 11.8 Å². The summed E-state index contributed by atoms with van der Waals surface area (Å²) < 4.78 is 14.0. The molecule has 0 bridgehead atoms. The molecule has 176 valence electrons. The molecule has 11 nitrogen and oxygen atoms in total. The summed E-state index contributed by atoms with van der Waals surface area (Å²) in [5.74, 6) is -4.86. The first-order valence-electron chi connectivity index (χ1n) is 10.4. The third-order valence-electron chi connectivity index (χ3n) is 5.47. The SMILES string of the molecule is O=C[C@H](CC(=O)O)NC(=O)C1CCCN2C(=O)CCC(NC(=O)c3ccccc3F)C(=O)N12. The highest BCUT2D eigenvalue weighted by Gasteiger charge is 2.45. The molecule has 3 atom stereocenters. The Balaban J connectivity index is 1.82. The molecule has 2 heterocycles. The second-order valence-corrected chi connectivity index (χ2v) is 7.75. The van der Waals surface area contributed by atoms with E-state index in [4.69, 9.17) is 5.11 Å². The Morgan fingerprint density at radius 1 is 1.21 bits per heavy atom. The van der Waals surface area contributed by atoms with Crippen LogP contribution in [0.4, 0.5) is 4.39 Å². The van der Waals surface area contributed by atoms with E-state index >= 15 is 0 Å². The van der Waals surface area contributed by atoms with Gasteiger partial charge in [-0.25, -0.2) is 9.40 Å². The highest BCUT2D eigenvalue weighted by molar-refractivity contribution is 6.00. The van der Waals surface area contributed by atoms with Crippen LogP contribution in [0.25, 0.3) is 0 Å². The van der Waals surface area contributed by atoms with E-state index < -0.39 is 60.0 Å². The summed E-state index contributed by atoms with van der Waals surface area (Å²) in [5, 5.41) is 15.7. The van der Waals surface area contributed by atoms with Crippen molar-refractivity contribution in [1.82, 2.24) is 20.7 Å². The van der Waals surface area contributed by atoms with Crippen molar-refractivity contribution in [1.29, 1.82) is 0 Å². The van der Waals surface area contributed by atoms with Crippen molar-refractivity contribution in [2.75, 3.05) is 6.54 Å². The number of aliphatic carboxylic acids is 1. The number of rotatable bonds is 7.